The molecule has 0 aromatic carbocycles. The second-order valence-corrected chi connectivity index (χ2v) is 3.95. The lowest BCUT2D eigenvalue weighted by Gasteiger charge is -2.36. The normalized spacial score (nSPS) is 44.7. The Bertz CT molecular complexity index is 132. The van der Waals surface area contributed by atoms with Gasteiger partial charge in [0.1, 0.15) is 0 Å². The van der Waals surface area contributed by atoms with Crippen LogP contribution < -0.4 is 5.73 Å². The summed E-state index contributed by atoms with van der Waals surface area (Å²) in [5.41, 5.74) is 5.95. The first-order valence-electron chi connectivity index (χ1n) is 4.82. The molecular weight excluding hydrogens is 136 g/mol. The van der Waals surface area contributed by atoms with Crippen LogP contribution in [-0.4, -0.2) is 29.6 Å². The Morgan fingerprint density at radius 2 is 1.82 bits per heavy atom. The Labute approximate surface area is 68.7 Å². The van der Waals surface area contributed by atoms with Crippen LogP contribution in [0.3, 0.4) is 0 Å². The van der Waals surface area contributed by atoms with Gasteiger partial charge in [0.2, 0.25) is 0 Å². The SMILES string of the molecule is CCN1[C@@H]2CC[C@H]1CC(N)C2. The first-order chi connectivity index (χ1) is 5.31. The van der Waals surface area contributed by atoms with Crippen molar-refractivity contribution in [1.82, 2.24) is 4.90 Å². The van der Waals surface area contributed by atoms with Crippen LogP contribution in [0.15, 0.2) is 0 Å². The molecule has 0 radical (unpaired) electrons. The zero-order valence-corrected chi connectivity index (χ0v) is 7.29. The Kier molecular flexibility index (Phi) is 1.90. The van der Waals surface area contributed by atoms with Crippen molar-refractivity contribution in [2.45, 2.75) is 50.7 Å². The summed E-state index contributed by atoms with van der Waals surface area (Å²) in [5, 5.41) is 0. The average Bonchev–Trinajstić information content (AvgIpc) is 2.23. The predicted octanol–water partition coefficient (Wildman–Crippen LogP) is 0.960. The molecule has 2 nitrogen and oxygen atoms in total. The molecule has 2 bridgehead atoms. The minimum absolute atomic E-state index is 0.496. The van der Waals surface area contributed by atoms with Gasteiger partial charge in [-0.15, -0.1) is 0 Å². The molecule has 0 saturated carbocycles. The topological polar surface area (TPSA) is 29.3 Å². The summed E-state index contributed by atoms with van der Waals surface area (Å²) in [6, 6.07) is 2.15. The van der Waals surface area contributed by atoms with E-state index in [9.17, 15) is 0 Å². The van der Waals surface area contributed by atoms with Gasteiger partial charge in [-0.3, -0.25) is 4.90 Å². The van der Waals surface area contributed by atoms with E-state index in [4.69, 9.17) is 5.73 Å². The van der Waals surface area contributed by atoms with E-state index >= 15 is 0 Å². The zero-order valence-electron chi connectivity index (χ0n) is 7.29. The smallest absolute Gasteiger partial charge is 0.0113 e. The first-order valence-corrected chi connectivity index (χ1v) is 4.82. The number of piperidine rings is 1. The lowest BCUT2D eigenvalue weighted by Crippen LogP contribution is -2.47. The van der Waals surface area contributed by atoms with Crippen LogP contribution in [0, 0.1) is 0 Å². The lowest BCUT2D eigenvalue weighted by atomic mass is 9.98. The van der Waals surface area contributed by atoms with Gasteiger partial charge in [0.15, 0.2) is 0 Å². The van der Waals surface area contributed by atoms with Crippen LogP contribution in [0.4, 0.5) is 0 Å². The van der Waals surface area contributed by atoms with Gasteiger partial charge in [-0.05, 0) is 32.2 Å². The predicted molar refractivity (Wildman–Crippen MR) is 46.4 cm³/mol. The Hall–Kier alpha value is -0.0800. The number of fused-ring (bicyclic) bond motifs is 2. The van der Waals surface area contributed by atoms with E-state index in [1.807, 2.05) is 0 Å². The molecule has 0 aromatic rings. The average molecular weight is 154 g/mol. The van der Waals surface area contributed by atoms with Gasteiger partial charge in [-0.1, -0.05) is 6.92 Å². The van der Waals surface area contributed by atoms with Gasteiger partial charge in [-0.2, -0.15) is 0 Å². The molecule has 2 saturated heterocycles. The summed E-state index contributed by atoms with van der Waals surface area (Å²) in [4.78, 5) is 2.64. The van der Waals surface area contributed by atoms with Crippen molar-refractivity contribution in [3.05, 3.63) is 0 Å². The maximum atomic E-state index is 5.95. The van der Waals surface area contributed by atoms with Crippen LogP contribution >= 0.6 is 0 Å². The number of nitrogens with two attached hydrogens (primary N) is 1. The van der Waals surface area contributed by atoms with E-state index in [1.54, 1.807) is 0 Å². The Balaban J connectivity index is 2.06. The van der Waals surface area contributed by atoms with Crippen LogP contribution in [0.25, 0.3) is 0 Å². The minimum atomic E-state index is 0.496. The summed E-state index contributed by atoms with van der Waals surface area (Å²) >= 11 is 0. The summed E-state index contributed by atoms with van der Waals surface area (Å²) < 4.78 is 0. The molecular formula is C9H18N2. The largest absolute Gasteiger partial charge is 0.328 e. The first kappa shape index (κ1) is 7.56. The highest BCUT2D eigenvalue weighted by Crippen LogP contribution is 2.34. The highest BCUT2D eigenvalue weighted by atomic mass is 15.2. The maximum Gasteiger partial charge on any atom is 0.0113 e. The molecule has 2 aliphatic rings. The molecule has 0 spiro atoms. The van der Waals surface area contributed by atoms with Crippen molar-refractivity contribution in [3.63, 3.8) is 0 Å². The third kappa shape index (κ3) is 1.18. The molecule has 11 heavy (non-hydrogen) atoms. The molecule has 0 aromatic heterocycles. The number of hydrogen-bond acceptors (Lipinski definition) is 2. The van der Waals surface area contributed by atoms with Crippen molar-refractivity contribution in [2.24, 2.45) is 5.73 Å². The minimum Gasteiger partial charge on any atom is -0.328 e. The number of hydrogen-bond donors (Lipinski definition) is 1. The van der Waals surface area contributed by atoms with E-state index in [0.717, 1.165) is 12.1 Å². The van der Waals surface area contributed by atoms with Gasteiger partial charge < -0.3 is 5.73 Å². The molecule has 0 aliphatic carbocycles. The lowest BCUT2D eigenvalue weighted by molar-refractivity contribution is 0.135. The standard InChI is InChI=1S/C9H18N2/c1-2-11-8-3-4-9(11)6-7(10)5-8/h7-9H,2-6,10H2,1H3/t7?,8-,9+. The van der Waals surface area contributed by atoms with Crippen LogP contribution in [0.5, 0.6) is 0 Å². The fourth-order valence-corrected chi connectivity index (χ4v) is 2.83. The van der Waals surface area contributed by atoms with Crippen LogP contribution in [-0.2, 0) is 0 Å². The molecule has 2 N–H and O–H groups in total. The van der Waals surface area contributed by atoms with Crippen molar-refractivity contribution >= 4 is 0 Å². The van der Waals surface area contributed by atoms with E-state index < -0.39 is 0 Å². The van der Waals surface area contributed by atoms with E-state index in [-0.39, 0.29) is 0 Å². The molecule has 2 heteroatoms. The van der Waals surface area contributed by atoms with Crippen molar-refractivity contribution in [1.29, 1.82) is 0 Å². The molecule has 2 aliphatic heterocycles. The third-order valence-electron chi connectivity index (χ3n) is 3.29. The molecule has 2 heterocycles. The summed E-state index contributed by atoms with van der Waals surface area (Å²) in [5.74, 6) is 0. The second-order valence-electron chi connectivity index (χ2n) is 3.95. The van der Waals surface area contributed by atoms with Crippen LogP contribution in [0.1, 0.15) is 32.6 Å². The van der Waals surface area contributed by atoms with Gasteiger partial charge >= 0.3 is 0 Å². The number of rotatable bonds is 1. The third-order valence-corrected chi connectivity index (χ3v) is 3.29. The van der Waals surface area contributed by atoms with Crippen molar-refractivity contribution in [2.75, 3.05) is 6.54 Å². The van der Waals surface area contributed by atoms with Gasteiger partial charge in [0.25, 0.3) is 0 Å². The Morgan fingerprint density at radius 3 is 2.27 bits per heavy atom. The summed E-state index contributed by atoms with van der Waals surface area (Å²) in [7, 11) is 0. The molecule has 1 unspecified atom stereocenters. The molecule has 2 fully saturated rings. The van der Waals surface area contributed by atoms with Crippen molar-refractivity contribution < 1.29 is 0 Å². The fraction of sp³-hybridized carbons (Fsp3) is 1.00. The molecule has 64 valence electrons. The van der Waals surface area contributed by atoms with E-state index in [1.165, 1.54) is 32.2 Å². The highest BCUT2D eigenvalue weighted by Gasteiger charge is 2.38. The summed E-state index contributed by atoms with van der Waals surface area (Å²) in [6.45, 7) is 3.49. The van der Waals surface area contributed by atoms with E-state index in [0.29, 0.717) is 6.04 Å². The number of nitrogens with zero attached hydrogens (tertiary/aromatic N) is 1. The zero-order chi connectivity index (χ0) is 7.84. The van der Waals surface area contributed by atoms with Crippen LogP contribution in [0.2, 0.25) is 0 Å². The van der Waals surface area contributed by atoms with E-state index in [2.05, 4.69) is 11.8 Å². The highest BCUT2D eigenvalue weighted by molar-refractivity contribution is 4.95. The van der Waals surface area contributed by atoms with Crippen molar-refractivity contribution in [3.8, 4) is 0 Å². The molecule has 0 amide bonds. The Morgan fingerprint density at radius 1 is 1.27 bits per heavy atom. The quantitative estimate of drug-likeness (QED) is 0.609. The fourth-order valence-electron chi connectivity index (χ4n) is 2.83. The van der Waals surface area contributed by atoms with Gasteiger partial charge in [0.05, 0.1) is 0 Å². The monoisotopic (exact) mass is 154 g/mol. The molecule has 3 atom stereocenters. The second kappa shape index (κ2) is 2.76. The molecule has 2 rings (SSSR count). The van der Waals surface area contributed by atoms with Gasteiger partial charge in [0, 0.05) is 18.1 Å². The summed E-state index contributed by atoms with van der Waals surface area (Å²) in [6.07, 6.45) is 5.27. The maximum absolute atomic E-state index is 5.95. The van der Waals surface area contributed by atoms with Gasteiger partial charge in [-0.25, -0.2) is 0 Å².